The summed E-state index contributed by atoms with van der Waals surface area (Å²) in [5.74, 6) is 1.49. The van der Waals surface area contributed by atoms with E-state index in [9.17, 15) is 9.59 Å². The zero-order chi connectivity index (χ0) is 26.5. The van der Waals surface area contributed by atoms with Crippen LogP contribution in [0.15, 0.2) is 47.0 Å². The van der Waals surface area contributed by atoms with Gasteiger partial charge in [0.05, 0.1) is 18.8 Å². The van der Waals surface area contributed by atoms with Crippen molar-refractivity contribution in [2.45, 2.75) is 39.5 Å². The maximum atomic E-state index is 13.2. The van der Waals surface area contributed by atoms with Crippen molar-refractivity contribution < 1.29 is 18.8 Å². The predicted molar refractivity (Wildman–Crippen MR) is 145 cm³/mol. The van der Waals surface area contributed by atoms with Crippen molar-refractivity contribution in [1.29, 1.82) is 0 Å². The number of piperidine rings is 1. The van der Waals surface area contributed by atoms with Crippen LogP contribution >= 0.6 is 0 Å². The molecule has 0 saturated carbocycles. The van der Waals surface area contributed by atoms with Gasteiger partial charge in [-0.1, -0.05) is 29.8 Å². The fraction of sp³-hybridized carbons (Fsp3) is 0.433. The third-order valence-electron chi connectivity index (χ3n) is 7.41. The van der Waals surface area contributed by atoms with Gasteiger partial charge in [-0.05, 0) is 80.7 Å². The Balaban J connectivity index is 1.42. The largest absolute Gasteiger partial charge is 0.491 e. The Kier molecular flexibility index (Phi) is 8.08. The number of nitrogens with one attached hydrogen (secondary N) is 1. The summed E-state index contributed by atoms with van der Waals surface area (Å²) in [6, 6.07) is 13.8. The van der Waals surface area contributed by atoms with Gasteiger partial charge in [0.2, 0.25) is 5.91 Å². The molecule has 3 aromatic rings. The van der Waals surface area contributed by atoms with Crippen molar-refractivity contribution >= 4 is 11.8 Å². The second-order valence-electron chi connectivity index (χ2n) is 10.2. The highest BCUT2D eigenvalue weighted by Crippen LogP contribution is 2.32. The number of carbonyl (C=O) groups excluding carboxylic acids is 2. The molecule has 8 nitrogen and oxygen atoms in total. The van der Waals surface area contributed by atoms with Gasteiger partial charge in [-0.25, -0.2) is 0 Å². The number of fused-ring (bicyclic) bond motifs is 3. The van der Waals surface area contributed by atoms with E-state index in [1.807, 2.05) is 55.1 Å². The third-order valence-corrected chi connectivity index (χ3v) is 7.41. The number of hydrogen-bond donors (Lipinski definition) is 1. The average molecular weight is 517 g/mol. The summed E-state index contributed by atoms with van der Waals surface area (Å²) < 4.78 is 11.7. The molecule has 0 unspecified atom stereocenters. The molecule has 2 amide bonds. The summed E-state index contributed by atoms with van der Waals surface area (Å²) in [6.07, 6.45) is 4.11. The number of nitrogens with zero attached hydrogens (tertiary/aromatic N) is 3. The second kappa shape index (κ2) is 11.8. The van der Waals surface area contributed by atoms with E-state index >= 15 is 0 Å². The van der Waals surface area contributed by atoms with Crippen LogP contribution in [0, 0.1) is 13.8 Å². The first-order chi connectivity index (χ1) is 18.5. The number of likely N-dealkylation sites (tertiary alicyclic amines) is 1. The van der Waals surface area contributed by atoms with E-state index in [0.29, 0.717) is 44.8 Å². The van der Waals surface area contributed by atoms with Crippen molar-refractivity contribution in [1.82, 2.24) is 20.3 Å². The molecule has 5 rings (SSSR count). The van der Waals surface area contributed by atoms with Crippen molar-refractivity contribution in [3.8, 4) is 16.9 Å². The molecule has 8 heteroatoms. The van der Waals surface area contributed by atoms with Crippen molar-refractivity contribution in [3.63, 3.8) is 0 Å². The molecule has 1 saturated heterocycles. The predicted octanol–water partition coefficient (Wildman–Crippen LogP) is 3.99. The van der Waals surface area contributed by atoms with Crippen LogP contribution in [-0.4, -0.2) is 72.6 Å². The number of hydrogen-bond acceptors (Lipinski definition) is 6. The van der Waals surface area contributed by atoms with Crippen LogP contribution in [-0.2, 0) is 11.2 Å². The first-order valence-corrected chi connectivity index (χ1v) is 13.5. The lowest BCUT2D eigenvalue weighted by molar-refractivity contribution is -0.133. The summed E-state index contributed by atoms with van der Waals surface area (Å²) in [6.45, 7) is 7.85. The first kappa shape index (κ1) is 26.0. The highest BCUT2D eigenvalue weighted by atomic mass is 16.5. The number of aromatic nitrogens is 1. The topological polar surface area (TPSA) is 87.9 Å². The van der Waals surface area contributed by atoms with E-state index in [1.54, 1.807) is 0 Å². The van der Waals surface area contributed by atoms with Crippen molar-refractivity contribution in [3.05, 3.63) is 70.6 Å². The van der Waals surface area contributed by atoms with Crippen molar-refractivity contribution in [2.24, 2.45) is 0 Å². The number of amides is 2. The van der Waals surface area contributed by atoms with Crippen LogP contribution in [0.1, 0.15) is 52.2 Å². The van der Waals surface area contributed by atoms with Gasteiger partial charge in [-0.2, -0.15) is 0 Å². The maximum absolute atomic E-state index is 13.2. The second-order valence-corrected chi connectivity index (χ2v) is 10.2. The van der Waals surface area contributed by atoms with E-state index in [4.69, 9.17) is 9.26 Å². The molecule has 1 aromatic heterocycles. The van der Waals surface area contributed by atoms with Gasteiger partial charge in [0.15, 0.2) is 0 Å². The Hall–Kier alpha value is -3.65. The Bertz CT molecular complexity index is 1280. The van der Waals surface area contributed by atoms with E-state index < -0.39 is 0 Å². The third kappa shape index (κ3) is 6.07. The monoisotopic (exact) mass is 516 g/mol. The molecule has 2 aromatic carbocycles. The molecule has 0 atom stereocenters. The van der Waals surface area contributed by atoms with Crippen LogP contribution in [0.25, 0.3) is 11.1 Å². The number of carbonyl (C=O) groups is 2. The normalized spacial score (nSPS) is 17.2. The molecule has 0 spiro atoms. The number of rotatable bonds is 3. The van der Waals surface area contributed by atoms with Gasteiger partial charge in [-0.3, -0.25) is 14.5 Å². The zero-order valence-electron chi connectivity index (χ0n) is 22.3. The molecule has 200 valence electrons. The number of benzene rings is 2. The van der Waals surface area contributed by atoms with E-state index in [0.717, 1.165) is 65.4 Å². The lowest BCUT2D eigenvalue weighted by Crippen LogP contribution is -2.46. The minimum Gasteiger partial charge on any atom is -0.491 e. The molecule has 2 bridgehead atoms. The summed E-state index contributed by atoms with van der Waals surface area (Å²) >= 11 is 0. The zero-order valence-corrected chi connectivity index (χ0v) is 22.3. The van der Waals surface area contributed by atoms with E-state index in [2.05, 4.69) is 21.4 Å². The molecular formula is C30H36N4O4. The molecule has 2 aliphatic heterocycles. The minimum atomic E-state index is -0.131. The van der Waals surface area contributed by atoms with Gasteiger partial charge in [0, 0.05) is 30.6 Å². The molecule has 3 heterocycles. The van der Waals surface area contributed by atoms with Gasteiger partial charge in [0.25, 0.3) is 5.91 Å². The summed E-state index contributed by atoms with van der Waals surface area (Å²) in [5, 5.41) is 7.10. The molecule has 2 aliphatic rings. The lowest BCUT2D eigenvalue weighted by atomic mass is 9.96. The molecule has 0 radical (unpaired) electrons. The minimum absolute atomic E-state index is 0.0767. The maximum Gasteiger partial charge on any atom is 0.251 e. The van der Waals surface area contributed by atoms with Gasteiger partial charge in [-0.15, -0.1) is 0 Å². The Morgan fingerprint density at radius 1 is 1.00 bits per heavy atom. The summed E-state index contributed by atoms with van der Waals surface area (Å²) in [4.78, 5) is 30.2. The van der Waals surface area contributed by atoms with Crippen LogP contribution in [0.2, 0.25) is 0 Å². The van der Waals surface area contributed by atoms with E-state index in [-0.39, 0.29) is 11.8 Å². The number of ether oxygens (including phenoxy) is 1. The van der Waals surface area contributed by atoms with Gasteiger partial charge >= 0.3 is 0 Å². The number of aryl methyl sites for hydroxylation is 2. The van der Waals surface area contributed by atoms with Crippen molar-refractivity contribution in [2.75, 3.05) is 45.9 Å². The van der Waals surface area contributed by atoms with Gasteiger partial charge < -0.3 is 19.5 Å². The standard InChI is InChI=1S/C30H36N4O4/c1-21-29(22(2)38-32-21)24-9-10-27-26(19-24)18-23-7-6-8-25(17-23)30(36)31-11-14-34(15-16-37-27)28(35)20-33-12-4-3-5-13-33/h6-10,17,19H,3-5,11-16,18,20H2,1-2H3,(H,31,36). The molecular weight excluding hydrogens is 480 g/mol. The molecule has 1 N–H and O–H groups in total. The Morgan fingerprint density at radius 3 is 2.63 bits per heavy atom. The fourth-order valence-electron chi connectivity index (χ4n) is 5.39. The smallest absolute Gasteiger partial charge is 0.251 e. The van der Waals surface area contributed by atoms with Gasteiger partial charge in [0.1, 0.15) is 18.1 Å². The fourth-order valence-corrected chi connectivity index (χ4v) is 5.39. The summed E-state index contributed by atoms with van der Waals surface area (Å²) in [5.41, 5.74) is 5.46. The Morgan fingerprint density at radius 2 is 1.84 bits per heavy atom. The highest BCUT2D eigenvalue weighted by molar-refractivity contribution is 5.94. The highest BCUT2D eigenvalue weighted by Gasteiger charge is 2.21. The van der Waals surface area contributed by atoms with Crippen LogP contribution in [0.4, 0.5) is 0 Å². The SMILES string of the molecule is Cc1noc(C)c1-c1ccc2c(c1)Cc1cccc(c1)C(=O)NCCN(C(=O)CN1CCCCC1)CCO2. The molecule has 38 heavy (non-hydrogen) atoms. The lowest BCUT2D eigenvalue weighted by Gasteiger charge is -2.30. The van der Waals surface area contributed by atoms with Crippen LogP contribution in [0.5, 0.6) is 5.75 Å². The Labute approximate surface area is 223 Å². The first-order valence-electron chi connectivity index (χ1n) is 13.5. The van der Waals surface area contributed by atoms with E-state index in [1.165, 1.54) is 6.42 Å². The quantitative estimate of drug-likeness (QED) is 0.567. The average Bonchev–Trinajstić information content (AvgIpc) is 3.26. The summed E-state index contributed by atoms with van der Waals surface area (Å²) in [7, 11) is 0. The van der Waals surface area contributed by atoms with Crippen LogP contribution < -0.4 is 10.1 Å². The molecule has 0 aliphatic carbocycles. The molecule has 1 fully saturated rings. The van der Waals surface area contributed by atoms with Crippen LogP contribution in [0.3, 0.4) is 0 Å².